The SMILES string of the molecule is Cc1ccc([N+](=O)[O-])c([C@H](N)CC(C)C)c1O. The summed E-state index contributed by atoms with van der Waals surface area (Å²) in [5.74, 6) is 0.247. The fourth-order valence-corrected chi connectivity index (χ4v) is 1.86. The number of nitrogens with zero attached hydrogens (tertiary/aromatic N) is 1. The van der Waals surface area contributed by atoms with Crippen LogP contribution in [0.15, 0.2) is 12.1 Å². The predicted octanol–water partition coefficient (Wildman–Crippen LogP) is 2.65. The number of nitro benzene ring substituents is 1. The standard InChI is InChI=1S/C12H18N2O3/c1-7(2)6-9(13)11-10(14(16)17)5-4-8(3)12(11)15/h4-5,7,9,15H,6,13H2,1-3H3/t9-/m1/s1. The first-order chi connectivity index (χ1) is 7.84. The Kier molecular flexibility index (Phi) is 4.07. The summed E-state index contributed by atoms with van der Waals surface area (Å²) in [5.41, 5.74) is 6.67. The highest BCUT2D eigenvalue weighted by Gasteiger charge is 2.24. The van der Waals surface area contributed by atoms with Gasteiger partial charge in [-0.1, -0.05) is 13.8 Å². The molecule has 0 aliphatic heterocycles. The van der Waals surface area contributed by atoms with Gasteiger partial charge < -0.3 is 10.8 Å². The highest BCUT2D eigenvalue weighted by Crippen LogP contribution is 2.36. The van der Waals surface area contributed by atoms with Crippen LogP contribution in [0.5, 0.6) is 5.75 Å². The van der Waals surface area contributed by atoms with E-state index in [0.717, 1.165) is 0 Å². The summed E-state index contributed by atoms with van der Waals surface area (Å²) in [7, 11) is 0. The van der Waals surface area contributed by atoms with Crippen LogP contribution in [0.25, 0.3) is 0 Å². The first-order valence-electron chi connectivity index (χ1n) is 5.57. The van der Waals surface area contributed by atoms with E-state index in [9.17, 15) is 15.2 Å². The fraction of sp³-hybridized carbons (Fsp3) is 0.500. The second-order valence-electron chi connectivity index (χ2n) is 4.66. The lowest BCUT2D eigenvalue weighted by Gasteiger charge is -2.16. The Morgan fingerprint density at radius 1 is 1.47 bits per heavy atom. The molecule has 0 spiro atoms. The van der Waals surface area contributed by atoms with Crippen LogP contribution in [0.3, 0.4) is 0 Å². The molecule has 1 aromatic rings. The molecule has 0 aliphatic rings. The monoisotopic (exact) mass is 238 g/mol. The van der Waals surface area contributed by atoms with Crippen molar-refractivity contribution < 1.29 is 10.0 Å². The van der Waals surface area contributed by atoms with E-state index in [-0.39, 0.29) is 17.0 Å². The van der Waals surface area contributed by atoms with Crippen LogP contribution in [0.1, 0.15) is 37.4 Å². The van der Waals surface area contributed by atoms with Gasteiger partial charge in [0.1, 0.15) is 5.75 Å². The Morgan fingerprint density at radius 2 is 2.06 bits per heavy atom. The summed E-state index contributed by atoms with van der Waals surface area (Å²) in [6.45, 7) is 5.67. The fourth-order valence-electron chi connectivity index (χ4n) is 1.86. The first kappa shape index (κ1) is 13.4. The van der Waals surface area contributed by atoms with Crippen LogP contribution in [0, 0.1) is 23.0 Å². The number of aromatic hydroxyl groups is 1. The predicted molar refractivity (Wildman–Crippen MR) is 65.9 cm³/mol. The van der Waals surface area contributed by atoms with E-state index in [1.54, 1.807) is 6.92 Å². The Balaban J connectivity index is 3.27. The van der Waals surface area contributed by atoms with Crippen molar-refractivity contribution in [1.29, 1.82) is 0 Å². The van der Waals surface area contributed by atoms with Crippen LogP contribution >= 0.6 is 0 Å². The van der Waals surface area contributed by atoms with E-state index >= 15 is 0 Å². The van der Waals surface area contributed by atoms with Gasteiger partial charge in [0.25, 0.3) is 5.69 Å². The van der Waals surface area contributed by atoms with E-state index < -0.39 is 11.0 Å². The van der Waals surface area contributed by atoms with Gasteiger partial charge in [-0.05, 0) is 30.9 Å². The van der Waals surface area contributed by atoms with Crippen LogP contribution in [0.2, 0.25) is 0 Å². The summed E-state index contributed by atoms with van der Waals surface area (Å²) >= 11 is 0. The van der Waals surface area contributed by atoms with Gasteiger partial charge in [-0.15, -0.1) is 0 Å². The minimum atomic E-state index is -0.518. The average Bonchev–Trinajstić information content (AvgIpc) is 2.20. The van der Waals surface area contributed by atoms with Crippen LogP contribution in [0.4, 0.5) is 5.69 Å². The largest absolute Gasteiger partial charge is 0.507 e. The van der Waals surface area contributed by atoms with Crippen molar-refractivity contribution in [1.82, 2.24) is 0 Å². The topological polar surface area (TPSA) is 89.4 Å². The number of nitro groups is 1. The Labute approximate surface area is 100 Å². The van der Waals surface area contributed by atoms with Crippen molar-refractivity contribution in [3.63, 3.8) is 0 Å². The van der Waals surface area contributed by atoms with Crippen molar-refractivity contribution in [3.05, 3.63) is 33.4 Å². The lowest BCUT2D eigenvalue weighted by atomic mass is 9.94. The van der Waals surface area contributed by atoms with E-state index in [4.69, 9.17) is 5.73 Å². The maximum Gasteiger partial charge on any atom is 0.277 e. The number of phenols is 1. The molecule has 1 aromatic carbocycles. The zero-order valence-corrected chi connectivity index (χ0v) is 10.3. The molecule has 0 saturated heterocycles. The number of nitrogens with two attached hydrogens (primary N) is 1. The molecule has 1 rings (SSSR count). The molecule has 5 nitrogen and oxygen atoms in total. The maximum absolute atomic E-state index is 10.9. The smallest absolute Gasteiger partial charge is 0.277 e. The number of aryl methyl sites for hydroxylation is 1. The van der Waals surface area contributed by atoms with Crippen LogP contribution in [-0.4, -0.2) is 10.0 Å². The second-order valence-corrected chi connectivity index (χ2v) is 4.66. The lowest BCUT2D eigenvalue weighted by molar-refractivity contribution is -0.385. The quantitative estimate of drug-likeness (QED) is 0.623. The number of phenolic OH excluding ortho intramolecular Hbond substituents is 1. The minimum absolute atomic E-state index is 0.0626. The molecule has 0 heterocycles. The molecule has 94 valence electrons. The molecule has 1 atom stereocenters. The van der Waals surface area contributed by atoms with E-state index in [2.05, 4.69) is 0 Å². The van der Waals surface area contributed by atoms with Gasteiger partial charge >= 0.3 is 0 Å². The molecule has 0 aliphatic carbocycles. The van der Waals surface area contributed by atoms with Crippen molar-refractivity contribution in [2.24, 2.45) is 11.7 Å². The molecule has 0 bridgehead atoms. The van der Waals surface area contributed by atoms with Gasteiger partial charge in [0.2, 0.25) is 0 Å². The Morgan fingerprint density at radius 3 is 2.53 bits per heavy atom. The van der Waals surface area contributed by atoms with Crippen molar-refractivity contribution in [3.8, 4) is 5.75 Å². The maximum atomic E-state index is 10.9. The van der Waals surface area contributed by atoms with Crippen LogP contribution in [-0.2, 0) is 0 Å². The molecule has 0 unspecified atom stereocenters. The van der Waals surface area contributed by atoms with Crippen molar-refractivity contribution in [2.75, 3.05) is 0 Å². The zero-order chi connectivity index (χ0) is 13.2. The number of rotatable bonds is 4. The molecule has 0 radical (unpaired) electrons. The lowest BCUT2D eigenvalue weighted by Crippen LogP contribution is -2.15. The Hall–Kier alpha value is -1.62. The highest BCUT2D eigenvalue weighted by atomic mass is 16.6. The Bertz CT molecular complexity index is 430. The molecular weight excluding hydrogens is 220 g/mol. The first-order valence-corrected chi connectivity index (χ1v) is 5.57. The van der Waals surface area contributed by atoms with Gasteiger partial charge in [-0.25, -0.2) is 0 Å². The summed E-state index contributed by atoms with van der Waals surface area (Å²) < 4.78 is 0. The summed E-state index contributed by atoms with van der Waals surface area (Å²) in [6.07, 6.45) is 0.595. The van der Waals surface area contributed by atoms with Crippen molar-refractivity contribution in [2.45, 2.75) is 33.2 Å². The van der Waals surface area contributed by atoms with Gasteiger partial charge in [-0.3, -0.25) is 10.1 Å². The number of benzene rings is 1. The number of hydrogen-bond acceptors (Lipinski definition) is 4. The second kappa shape index (κ2) is 5.14. The molecule has 0 amide bonds. The third-order valence-corrected chi connectivity index (χ3v) is 2.69. The molecule has 3 N–H and O–H groups in total. The molecule has 0 saturated carbocycles. The van der Waals surface area contributed by atoms with E-state index in [1.807, 2.05) is 13.8 Å². The third-order valence-electron chi connectivity index (χ3n) is 2.69. The van der Waals surface area contributed by atoms with Gasteiger partial charge in [-0.2, -0.15) is 0 Å². The summed E-state index contributed by atoms with van der Waals surface area (Å²) in [5, 5.41) is 20.8. The molecule has 0 aromatic heterocycles. The van der Waals surface area contributed by atoms with Crippen molar-refractivity contribution >= 4 is 5.69 Å². The minimum Gasteiger partial charge on any atom is -0.507 e. The molecule has 17 heavy (non-hydrogen) atoms. The molecular formula is C12H18N2O3. The van der Waals surface area contributed by atoms with Gasteiger partial charge in [0.05, 0.1) is 10.5 Å². The van der Waals surface area contributed by atoms with Crippen LogP contribution < -0.4 is 5.73 Å². The third kappa shape index (κ3) is 2.94. The number of hydrogen-bond donors (Lipinski definition) is 2. The molecule has 0 fully saturated rings. The average molecular weight is 238 g/mol. The molecule has 5 heteroatoms. The van der Waals surface area contributed by atoms with Gasteiger partial charge in [0, 0.05) is 12.1 Å². The van der Waals surface area contributed by atoms with Gasteiger partial charge in [0.15, 0.2) is 0 Å². The highest BCUT2D eigenvalue weighted by molar-refractivity contribution is 5.54. The van der Waals surface area contributed by atoms with E-state index in [0.29, 0.717) is 17.9 Å². The summed E-state index contributed by atoms with van der Waals surface area (Å²) in [4.78, 5) is 10.4. The normalized spacial score (nSPS) is 12.8. The summed E-state index contributed by atoms with van der Waals surface area (Å²) in [6, 6.07) is 2.40. The zero-order valence-electron chi connectivity index (χ0n) is 10.3. The van der Waals surface area contributed by atoms with E-state index in [1.165, 1.54) is 12.1 Å².